The van der Waals surface area contributed by atoms with Crippen LogP contribution in [0.3, 0.4) is 0 Å². The Morgan fingerprint density at radius 2 is 1.67 bits per heavy atom. The Morgan fingerprint density at radius 3 is 2.40 bits per heavy atom. The van der Waals surface area contributed by atoms with Crippen molar-refractivity contribution < 1.29 is 18.7 Å². The highest BCUT2D eigenvalue weighted by atomic mass is 16.6. The topological polar surface area (TPSA) is 65.7 Å². The molecule has 5 nitrogen and oxygen atoms in total. The average molecular weight is 400 g/mol. The summed E-state index contributed by atoms with van der Waals surface area (Å²) in [6, 6.07) is 19.8. The number of rotatable bonds is 5. The van der Waals surface area contributed by atoms with Crippen molar-refractivity contribution in [3.8, 4) is 22.6 Å². The van der Waals surface area contributed by atoms with Crippen LogP contribution in [0.25, 0.3) is 22.1 Å². The molecule has 0 aliphatic rings. The lowest BCUT2D eigenvalue weighted by atomic mass is 10.1. The summed E-state index contributed by atoms with van der Waals surface area (Å²) in [7, 11) is 0. The van der Waals surface area contributed by atoms with Gasteiger partial charge in [-0.3, -0.25) is 4.79 Å². The SMILES string of the molecule is Cc1cccc(C)c1OCC(=O)Oc1ccc2c(=O)c(-c3ccccc3)coc2c1. The van der Waals surface area contributed by atoms with Crippen LogP contribution in [0, 0.1) is 13.8 Å². The van der Waals surface area contributed by atoms with E-state index in [1.165, 1.54) is 12.3 Å². The van der Waals surface area contributed by atoms with Crippen LogP contribution in [0.4, 0.5) is 0 Å². The molecule has 4 rings (SSSR count). The van der Waals surface area contributed by atoms with E-state index in [0.717, 1.165) is 16.7 Å². The van der Waals surface area contributed by atoms with Crippen molar-refractivity contribution in [3.63, 3.8) is 0 Å². The molecule has 0 fully saturated rings. The van der Waals surface area contributed by atoms with Crippen molar-refractivity contribution in [1.82, 2.24) is 0 Å². The maximum Gasteiger partial charge on any atom is 0.349 e. The Balaban J connectivity index is 1.51. The van der Waals surface area contributed by atoms with Gasteiger partial charge in [0.15, 0.2) is 12.0 Å². The molecule has 150 valence electrons. The van der Waals surface area contributed by atoms with Crippen LogP contribution in [0.2, 0.25) is 0 Å². The third-order valence-corrected chi connectivity index (χ3v) is 4.81. The number of carbonyl (C=O) groups is 1. The van der Waals surface area contributed by atoms with Crippen LogP contribution in [0.5, 0.6) is 11.5 Å². The minimum atomic E-state index is -0.541. The number of ether oxygens (including phenoxy) is 2. The first-order valence-electron chi connectivity index (χ1n) is 9.53. The van der Waals surface area contributed by atoms with Gasteiger partial charge in [0.25, 0.3) is 0 Å². The zero-order valence-corrected chi connectivity index (χ0v) is 16.7. The number of para-hydroxylation sites is 1. The summed E-state index contributed by atoms with van der Waals surface area (Å²) < 4.78 is 16.6. The molecule has 0 N–H and O–H groups in total. The Morgan fingerprint density at radius 1 is 0.933 bits per heavy atom. The molecule has 1 heterocycles. The van der Waals surface area contributed by atoms with Gasteiger partial charge in [0.1, 0.15) is 23.3 Å². The molecule has 0 atom stereocenters. The van der Waals surface area contributed by atoms with Gasteiger partial charge in [-0.2, -0.15) is 0 Å². The Kier molecular flexibility index (Phi) is 5.35. The third kappa shape index (κ3) is 3.96. The minimum Gasteiger partial charge on any atom is -0.481 e. The van der Waals surface area contributed by atoms with E-state index < -0.39 is 5.97 Å². The number of hydrogen-bond acceptors (Lipinski definition) is 5. The van der Waals surface area contributed by atoms with E-state index >= 15 is 0 Å². The molecule has 0 saturated carbocycles. The molecule has 0 aliphatic heterocycles. The first kappa shape index (κ1) is 19.5. The maximum absolute atomic E-state index is 12.8. The number of fused-ring (bicyclic) bond motifs is 1. The number of aryl methyl sites for hydroxylation is 2. The van der Waals surface area contributed by atoms with Gasteiger partial charge >= 0.3 is 5.97 Å². The van der Waals surface area contributed by atoms with Crippen LogP contribution in [-0.4, -0.2) is 12.6 Å². The molecule has 3 aromatic carbocycles. The van der Waals surface area contributed by atoms with Crippen molar-refractivity contribution in [3.05, 3.63) is 94.3 Å². The van der Waals surface area contributed by atoms with Crippen molar-refractivity contribution in [2.45, 2.75) is 13.8 Å². The first-order valence-corrected chi connectivity index (χ1v) is 9.53. The lowest BCUT2D eigenvalue weighted by Gasteiger charge is -2.11. The third-order valence-electron chi connectivity index (χ3n) is 4.81. The molecular weight excluding hydrogens is 380 g/mol. The van der Waals surface area contributed by atoms with Crippen molar-refractivity contribution in [1.29, 1.82) is 0 Å². The van der Waals surface area contributed by atoms with E-state index in [1.54, 1.807) is 12.1 Å². The lowest BCUT2D eigenvalue weighted by molar-refractivity contribution is -0.136. The predicted molar refractivity (Wildman–Crippen MR) is 115 cm³/mol. The van der Waals surface area contributed by atoms with Crippen molar-refractivity contribution in [2.24, 2.45) is 0 Å². The summed E-state index contributed by atoms with van der Waals surface area (Å²) in [6.07, 6.45) is 1.43. The highest BCUT2D eigenvalue weighted by Gasteiger charge is 2.13. The highest BCUT2D eigenvalue weighted by Crippen LogP contribution is 2.24. The molecule has 0 unspecified atom stereocenters. The second-order valence-corrected chi connectivity index (χ2v) is 6.99. The van der Waals surface area contributed by atoms with Gasteiger partial charge in [0.05, 0.1) is 10.9 Å². The van der Waals surface area contributed by atoms with E-state index in [-0.39, 0.29) is 17.8 Å². The number of esters is 1. The summed E-state index contributed by atoms with van der Waals surface area (Å²) in [4.78, 5) is 25.0. The van der Waals surface area contributed by atoms with Crippen LogP contribution in [-0.2, 0) is 4.79 Å². The molecule has 0 spiro atoms. The molecule has 0 radical (unpaired) electrons. The first-order chi connectivity index (χ1) is 14.5. The molecule has 0 bridgehead atoms. The zero-order chi connectivity index (χ0) is 21.1. The number of hydrogen-bond donors (Lipinski definition) is 0. The lowest BCUT2D eigenvalue weighted by Crippen LogP contribution is -2.18. The summed E-state index contributed by atoms with van der Waals surface area (Å²) >= 11 is 0. The van der Waals surface area contributed by atoms with E-state index in [9.17, 15) is 9.59 Å². The fourth-order valence-corrected chi connectivity index (χ4v) is 3.31. The largest absolute Gasteiger partial charge is 0.481 e. The van der Waals surface area contributed by atoms with Gasteiger partial charge in [-0.25, -0.2) is 4.79 Å². The summed E-state index contributed by atoms with van der Waals surface area (Å²) in [5, 5.41) is 0.419. The Hall–Kier alpha value is -3.86. The van der Waals surface area contributed by atoms with Crippen LogP contribution in [0.15, 0.2) is 82.2 Å². The quantitative estimate of drug-likeness (QED) is 0.346. The molecule has 1 aromatic heterocycles. The summed E-state index contributed by atoms with van der Waals surface area (Å²) in [5.74, 6) is 0.417. The van der Waals surface area contributed by atoms with E-state index in [4.69, 9.17) is 13.9 Å². The highest BCUT2D eigenvalue weighted by molar-refractivity contribution is 5.83. The van der Waals surface area contributed by atoms with Gasteiger partial charge in [-0.15, -0.1) is 0 Å². The van der Waals surface area contributed by atoms with Crippen LogP contribution >= 0.6 is 0 Å². The molecule has 5 heteroatoms. The number of carbonyl (C=O) groups excluding carboxylic acids is 1. The molecular formula is C25H20O5. The van der Waals surface area contributed by atoms with E-state index in [0.29, 0.717) is 22.3 Å². The molecule has 4 aromatic rings. The normalized spacial score (nSPS) is 10.7. The monoisotopic (exact) mass is 400 g/mol. The second kappa shape index (κ2) is 8.25. The van der Waals surface area contributed by atoms with Gasteiger partial charge < -0.3 is 13.9 Å². The van der Waals surface area contributed by atoms with Crippen molar-refractivity contribution >= 4 is 16.9 Å². The molecule has 0 aliphatic carbocycles. The smallest absolute Gasteiger partial charge is 0.349 e. The molecule has 0 saturated heterocycles. The number of benzene rings is 3. The summed E-state index contributed by atoms with van der Waals surface area (Å²) in [5.41, 5.74) is 3.37. The van der Waals surface area contributed by atoms with Crippen molar-refractivity contribution in [2.75, 3.05) is 6.61 Å². The second-order valence-electron chi connectivity index (χ2n) is 6.99. The zero-order valence-electron chi connectivity index (χ0n) is 16.7. The average Bonchev–Trinajstić information content (AvgIpc) is 2.74. The Labute approximate surface area is 173 Å². The fraction of sp³-hybridized carbons (Fsp3) is 0.120. The Bertz CT molecular complexity index is 1250. The predicted octanol–water partition coefficient (Wildman–Crippen LogP) is 5.06. The van der Waals surface area contributed by atoms with Gasteiger partial charge in [-0.05, 0) is 42.7 Å². The molecule has 30 heavy (non-hydrogen) atoms. The fourth-order valence-electron chi connectivity index (χ4n) is 3.31. The van der Waals surface area contributed by atoms with Gasteiger partial charge in [0.2, 0.25) is 0 Å². The summed E-state index contributed by atoms with van der Waals surface area (Å²) in [6.45, 7) is 3.62. The van der Waals surface area contributed by atoms with Gasteiger partial charge in [0, 0.05) is 6.07 Å². The van der Waals surface area contributed by atoms with E-state index in [1.807, 2.05) is 62.4 Å². The van der Waals surface area contributed by atoms with E-state index in [2.05, 4.69) is 0 Å². The van der Waals surface area contributed by atoms with Crippen LogP contribution < -0.4 is 14.9 Å². The maximum atomic E-state index is 12.8. The van der Waals surface area contributed by atoms with Crippen LogP contribution in [0.1, 0.15) is 11.1 Å². The minimum absolute atomic E-state index is 0.140. The van der Waals surface area contributed by atoms with Gasteiger partial charge in [-0.1, -0.05) is 48.5 Å². The standard InChI is InChI=1S/C25H20O5/c1-16-7-6-8-17(2)25(16)29-15-23(26)30-19-11-12-20-22(13-19)28-14-21(24(20)27)18-9-4-3-5-10-18/h3-14H,15H2,1-2H3. The molecule has 0 amide bonds.